The van der Waals surface area contributed by atoms with Crippen molar-refractivity contribution in [2.24, 2.45) is 0 Å². The molecule has 0 aromatic carbocycles. The van der Waals surface area contributed by atoms with Crippen LogP contribution < -0.4 is 0 Å². The number of carbonyl (C=O) groups excluding carboxylic acids is 4. The van der Waals surface area contributed by atoms with Crippen LogP contribution in [0.3, 0.4) is 0 Å². The molecular formula is C85H140O17P2. The summed E-state index contributed by atoms with van der Waals surface area (Å²) in [6.07, 6.45) is 88.0. The van der Waals surface area contributed by atoms with Crippen LogP contribution in [0.5, 0.6) is 0 Å². The van der Waals surface area contributed by atoms with Gasteiger partial charge in [0.2, 0.25) is 0 Å². The largest absolute Gasteiger partial charge is 0.472 e. The van der Waals surface area contributed by atoms with Gasteiger partial charge in [0, 0.05) is 25.7 Å². The number of unbranched alkanes of at least 4 members (excludes halogenated alkanes) is 21. The number of hydrogen-bond acceptors (Lipinski definition) is 15. The van der Waals surface area contributed by atoms with E-state index in [1.54, 1.807) is 0 Å². The first-order valence-corrected chi connectivity index (χ1v) is 42.7. The Morgan fingerprint density at radius 2 is 0.529 bits per heavy atom. The summed E-state index contributed by atoms with van der Waals surface area (Å²) < 4.78 is 68.5. The fourth-order valence-electron chi connectivity index (χ4n) is 9.96. The third kappa shape index (κ3) is 74.9. The highest BCUT2D eigenvalue weighted by Gasteiger charge is 2.30. The van der Waals surface area contributed by atoms with E-state index in [0.717, 1.165) is 173 Å². The number of rotatable bonds is 73. The van der Waals surface area contributed by atoms with E-state index in [4.69, 9.17) is 37.0 Å². The fraction of sp³-hybridized carbons (Fsp3) is 0.647. The van der Waals surface area contributed by atoms with Gasteiger partial charge in [-0.15, -0.1) is 0 Å². The Labute approximate surface area is 629 Å². The predicted molar refractivity (Wildman–Crippen MR) is 427 cm³/mol. The topological polar surface area (TPSA) is 237 Å². The number of aliphatic hydroxyl groups excluding tert-OH is 1. The van der Waals surface area contributed by atoms with Crippen LogP contribution in [0.4, 0.5) is 0 Å². The Hall–Kier alpha value is -5.32. The maximum Gasteiger partial charge on any atom is 0.472 e. The minimum atomic E-state index is -5.00. The lowest BCUT2D eigenvalue weighted by molar-refractivity contribution is -0.161. The molecule has 5 unspecified atom stereocenters. The van der Waals surface area contributed by atoms with Gasteiger partial charge in [-0.2, -0.15) is 0 Å². The van der Waals surface area contributed by atoms with E-state index in [1.807, 2.05) is 12.2 Å². The van der Waals surface area contributed by atoms with Gasteiger partial charge in [0.25, 0.3) is 0 Å². The summed E-state index contributed by atoms with van der Waals surface area (Å²) in [5.41, 5.74) is 0. The second-order valence-corrected chi connectivity index (χ2v) is 28.8. The first-order chi connectivity index (χ1) is 50.7. The highest BCUT2D eigenvalue weighted by Crippen LogP contribution is 2.45. The summed E-state index contributed by atoms with van der Waals surface area (Å²) in [5, 5.41) is 10.6. The van der Waals surface area contributed by atoms with E-state index < -0.39 is 97.5 Å². The molecule has 17 nitrogen and oxygen atoms in total. The van der Waals surface area contributed by atoms with Gasteiger partial charge in [-0.25, -0.2) is 9.13 Å². The Kier molecular flexibility index (Phi) is 72.0. The molecule has 0 aromatic rings. The van der Waals surface area contributed by atoms with Crippen molar-refractivity contribution in [3.8, 4) is 0 Å². The Morgan fingerprint density at radius 1 is 0.279 bits per heavy atom. The number of hydrogen-bond donors (Lipinski definition) is 3. The summed E-state index contributed by atoms with van der Waals surface area (Å²) in [4.78, 5) is 73.0. The summed E-state index contributed by atoms with van der Waals surface area (Å²) in [6, 6.07) is 0. The first-order valence-electron chi connectivity index (χ1n) is 39.7. The number of ether oxygens (including phenoxy) is 4. The van der Waals surface area contributed by atoms with Gasteiger partial charge in [-0.3, -0.25) is 37.3 Å². The highest BCUT2D eigenvalue weighted by molar-refractivity contribution is 7.47. The van der Waals surface area contributed by atoms with E-state index in [2.05, 4.69) is 174 Å². The minimum Gasteiger partial charge on any atom is -0.462 e. The Balaban J connectivity index is 5.45. The van der Waals surface area contributed by atoms with Crippen LogP contribution in [0.2, 0.25) is 0 Å². The Morgan fingerprint density at radius 3 is 0.865 bits per heavy atom. The zero-order valence-corrected chi connectivity index (χ0v) is 66.4. The number of esters is 4. The van der Waals surface area contributed by atoms with Gasteiger partial charge in [0.05, 0.1) is 26.4 Å². The van der Waals surface area contributed by atoms with Crippen molar-refractivity contribution in [2.45, 2.75) is 316 Å². The number of allylic oxidation sites excluding steroid dienone is 26. The number of aliphatic hydroxyl groups is 1. The van der Waals surface area contributed by atoms with Crippen molar-refractivity contribution in [2.75, 3.05) is 39.6 Å². The molecule has 19 heteroatoms. The highest BCUT2D eigenvalue weighted by atomic mass is 31.2. The van der Waals surface area contributed by atoms with Crippen LogP contribution in [-0.2, 0) is 65.4 Å². The van der Waals surface area contributed by atoms with Crippen molar-refractivity contribution >= 4 is 39.5 Å². The van der Waals surface area contributed by atoms with Crippen molar-refractivity contribution in [1.82, 2.24) is 0 Å². The maximum atomic E-state index is 13.1. The fourth-order valence-corrected chi connectivity index (χ4v) is 11.5. The molecule has 0 aromatic heterocycles. The van der Waals surface area contributed by atoms with Crippen molar-refractivity contribution in [1.29, 1.82) is 0 Å². The Bertz CT molecular complexity index is 2590. The SMILES string of the molecule is CC/C=C\C/C=C\C/C=C\C/C=C\C/C=C\CCCCCC(=O)OCC(COP(=O)(O)OCC(O)COP(=O)(O)OCC(COC(=O)CCC/C=C\C/C=C\C/C=C\C/C=C\C/C=C\CC)OC(=O)CCCCCCC/C=C\CCCCCCCC)OC(=O)CCCCCCC/C=C\C/C=C\CCC. The van der Waals surface area contributed by atoms with Gasteiger partial charge in [-0.05, 0) is 161 Å². The third-order valence-electron chi connectivity index (χ3n) is 15.9. The van der Waals surface area contributed by atoms with Crippen molar-refractivity contribution in [3.05, 3.63) is 158 Å². The summed E-state index contributed by atoms with van der Waals surface area (Å²) in [7, 11) is -10.00. The molecular weight excluding hydrogens is 1350 g/mol. The molecule has 104 heavy (non-hydrogen) atoms. The number of phosphoric ester groups is 2. The minimum absolute atomic E-state index is 0.0646. The van der Waals surface area contributed by atoms with E-state index in [1.165, 1.54) is 38.5 Å². The molecule has 0 amide bonds. The maximum absolute atomic E-state index is 13.1. The van der Waals surface area contributed by atoms with E-state index in [9.17, 15) is 43.2 Å². The second kappa shape index (κ2) is 75.9. The number of carbonyl (C=O) groups is 4. The van der Waals surface area contributed by atoms with Crippen molar-refractivity contribution < 1.29 is 80.2 Å². The molecule has 3 N–H and O–H groups in total. The molecule has 0 saturated carbocycles. The molecule has 592 valence electrons. The molecule has 0 aliphatic carbocycles. The van der Waals surface area contributed by atoms with E-state index in [0.29, 0.717) is 32.1 Å². The molecule has 0 radical (unpaired) electrons. The molecule has 0 bridgehead atoms. The molecule has 0 fully saturated rings. The standard InChI is InChI=1S/C85H140O17P2/c1-5-9-13-17-21-25-29-33-36-38-39-41-44-47-50-54-58-62-66-70-83(88)95-75-80(101-84(89)71-67-63-59-55-51-45-32-28-24-20-16-12-8-4)77-99-103(91,92)97-73-79(86)74-98-104(93,94)100-78-81(102-85(90)72-68-64-60-56-52-48-42-35-31-27-23-19-15-11-7-3)76-96-82(87)69-65-61-57-53-49-46-43-40-37-34-30-26-22-18-14-10-6-2/h9-10,13-14,16,20-22,25-26,28,32-37,39,41-43,46-47,50,53,57,79-81,86H,5-8,11-12,15,17-19,23-24,27,29-31,38,40,44-45,48-49,51-52,54-56,58-78H2,1-4H3,(H,91,92)(H,93,94)/b13-9-,14-10-,20-16-,25-21-,26-22-,32-28-,36-33-,37-34-,41-39-,42-35-,46-43-,50-47-,57-53-. The predicted octanol–water partition coefficient (Wildman–Crippen LogP) is 23.2. The van der Waals surface area contributed by atoms with Crippen LogP contribution in [0.15, 0.2) is 158 Å². The quantitative estimate of drug-likeness (QED) is 0.0169. The van der Waals surface area contributed by atoms with Crippen LogP contribution in [-0.4, -0.2) is 96.7 Å². The number of phosphoric acid groups is 2. The normalized spacial score (nSPS) is 14.7. The molecule has 0 aliphatic heterocycles. The summed E-state index contributed by atoms with van der Waals surface area (Å²) in [6.45, 7) is 4.44. The van der Waals surface area contributed by atoms with Gasteiger partial charge in [-0.1, -0.05) is 269 Å². The van der Waals surface area contributed by atoms with Gasteiger partial charge >= 0.3 is 39.5 Å². The van der Waals surface area contributed by atoms with Crippen LogP contribution in [0.1, 0.15) is 297 Å². The molecule has 0 spiro atoms. The summed E-state index contributed by atoms with van der Waals surface area (Å²) in [5.74, 6) is -2.31. The lowest BCUT2D eigenvalue weighted by Gasteiger charge is -2.21. The van der Waals surface area contributed by atoms with Crippen LogP contribution >= 0.6 is 15.6 Å². The average Bonchev–Trinajstić information content (AvgIpc) is 0.939. The van der Waals surface area contributed by atoms with Crippen LogP contribution in [0.25, 0.3) is 0 Å². The molecule has 0 heterocycles. The lowest BCUT2D eigenvalue weighted by Crippen LogP contribution is -2.30. The van der Waals surface area contributed by atoms with Crippen LogP contribution in [0, 0.1) is 0 Å². The first kappa shape index (κ1) is 98.7. The second-order valence-electron chi connectivity index (χ2n) is 25.9. The zero-order valence-electron chi connectivity index (χ0n) is 64.6. The molecule has 5 atom stereocenters. The van der Waals surface area contributed by atoms with E-state index in [-0.39, 0.29) is 25.7 Å². The van der Waals surface area contributed by atoms with Crippen molar-refractivity contribution in [3.63, 3.8) is 0 Å². The summed E-state index contributed by atoms with van der Waals surface area (Å²) >= 11 is 0. The zero-order chi connectivity index (χ0) is 76.0. The van der Waals surface area contributed by atoms with E-state index >= 15 is 0 Å². The van der Waals surface area contributed by atoms with Gasteiger partial charge < -0.3 is 33.8 Å². The molecule has 0 aliphatic rings. The van der Waals surface area contributed by atoms with Gasteiger partial charge in [0.1, 0.15) is 19.3 Å². The average molecular weight is 1500 g/mol. The lowest BCUT2D eigenvalue weighted by atomic mass is 10.1. The smallest absolute Gasteiger partial charge is 0.462 e. The third-order valence-corrected chi connectivity index (χ3v) is 17.8. The van der Waals surface area contributed by atoms with Gasteiger partial charge in [0.15, 0.2) is 12.2 Å². The molecule has 0 saturated heterocycles. The monoisotopic (exact) mass is 1490 g/mol. The molecule has 0 rings (SSSR count).